The first-order chi connectivity index (χ1) is 8.83. The molecule has 0 radical (unpaired) electrons. The summed E-state index contributed by atoms with van der Waals surface area (Å²) in [6.07, 6.45) is 2.85. The largest absolute Gasteiger partial charge is 0.314 e. The van der Waals surface area contributed by atoms with Gasteiger partial charge in [0.1, 0.15) is 0 Å². The van der Waals surface area contributed by atoms with Crippen molar-refractivity contribution in [1.82, 2.24) is 20.0 Å². The third-order valence-corrected chi connectivity index (χ3v) is 4.98. The van der Waals surface area contributed by atoms with Crippen LogP contribution >= 0.6 is 0 Å². The number of nitrogens with one attached hydrogen (secondary N) is 1. The first kappa shape index (κ1) is 12.9. The van der Waals surface area contributed by atoms with Crippen LogP contribution in [0.2, 0.25) is 0 Å². The summed E-state index contributed by atoms with van der Waals surface area (Å²) in [6, 6.07) is 1.62. The molecule has 0 aromatic rings. The number of nitrogens with zero attached hydrogens (tertiary/aromatic N) is 3. The Morgan fingerprint density at radius 1 is 1.06 bits per heavy atom. The first-order valence-corrected chi connectivity index (χ1v) is 7.74. The van der Waals surface area contributed by atoms with Crippen LogP contribution in [0.5, 0.6) is 0 Å². The second-order valence-electron chi connectivity index (χ2n) is 6.23. The molecule has 104 valence electrons. The molecule has 0 spiro atoms. The molecule has 3 saturated heterocycles. The van der Waals surface area contributed by atoms with Crippen LogP contribution in [0.1, 0.15) is 19.8 Å². The molecule has 2 unspecified atom stereocenters. The molecule has 2 atom stereocenters. The van der Waals surface area contributed by atoms with E-state index in [9.17, 15) is 0 Å². The van der Waals surface area contributed by atoms with Crippen molar-refractivity contribution < 1.29 is 0 Å². The summed E-state index contributed by atoms with van der Waals surface area (Å²) in [5.74, 6) is 0. The van der Waals surface area contributed by atoms with Gasteiger partial charge in [0.2, 0.25) is 0 Å². The minimum Gasteiger partial charge on any atom is -0.314 e. The molecular weight excluding hydrogens is 224 g/mol. The van der Waals surface area contributed by atoms with Gasteiger partial charge in [0.15, 0.2) is 0 Å². The lowest BCUT2D eigenvalue weighted by Gasteiger charge is -2.43. The second-order valence-corrected chi connectivity index (χ2v) is 6.23. The molecule has 18 heavy (non-hydrogen) atoms. The van der Waals surface area contributed by atoms with Gasteiger partial charge in [0, 0.05) is 64.4 Å². The highest BCUT2D eigenvalue weighted by Crippen LogP contribution is 2.24. The van der Waals surface area contributed by atoms with Crippen molar-refractivity contribution in [3.63, 3.8) is 0 Å². The monoisotopic (exact) mass is 252 g/mol. The van der Waals surface area contributed by atoms with Crippen molar-refractivity contribution in [2.24, 2.45) is 0 Å². The molecule has 0 bridgehead atoms. The van der Waals surface area contributed by atoms with Gasteiger partial charge in [-0.1, -0.05) is 0 Å². The summed E-state index contributed by atoms with van der Waals surface area (Å²) in [5.41, 5.74) is 0. The van der Waals surface area contributed by atoms with E-state index in [0.717, 1.165) is 12.1 Å². The van der Waals surface area contributed by atoms with Crippen LogP contribution < -0.4 is 5.32 Å². The summed E-state index contributed by atoms with van der Waals surface area (Å²) in [4.78, 5) is 8.06. The smallest absolute Gasteiger partial charge is 0.0224 e. The van der Waals surface area contributed by atoms with Crippen molar-refractivity contribution in [2.45, 2.75) is 31.8 Å². The molecule has 0 amide bonds. The lowest BCUT2D eigenvalue weighted by Crippen LogP contribution is -2.56. The minimum absolute atomic E-state index is 0.752. The Morgan fingerprint density at radius 2 is 1.89 bits per heavy atom. The molecule has 3 aliphatic heterocycles. The highest BCUT2D eigenvalue weighted by atomic mass is 15.3. The zero-order valence-corrected chi connectivity index (χ0v) is 11.8. The number of fused-ring (bicyclic) bond motifs is 1. The molecule has 1 N–H and O–H groups in total. The Morgan fingerprint density at radius 3 is 2.72 bits per heavy atom. The Balaban J connectivity index is 1.46. The molecule has 0 aliphatic carbocycles. The Hall–Kier alpha value is -0.160. The van der Waals surface area contributed by atoms with Crippen LogP contribution in [0.3, 0.4) is 0 Å². The maximum absolute atomic E-state index is 3.43. The topological polar surface area (TPSA) is 21.8 Å². The van der Waals surface area contributed by atoms with Crippen LogP contribution in [0.15, 0.2) is 0 Å². The summed E-state index contributed by atoms with van der Waals surface area (Å²) >= 11 is 0. The van der Waals surface area contributed by atoms with Crippen LogP contribution in [0.25, 0.3) is 0 Å². The van der Waals surface area contributed by atoms with E-state index in [1.54, 1.807) is 0 Å². The second kappa shape index (κ2) is 5.87. The molecule has 3 aliphatic rings. The van der Waals surface area contributed by atoms with Crippen LogP contribution in [0.4, 0.5) is 0 Å². The van der Waals surface area contributed by atoms with Crippen molar-refractivity contribution >= 4 is 0 Å². The summed E-state index contributed by atoms with van der Waals surface area (Å²) < 4.78 is 0. The third kappa shape index (κ3) is 2.87. The average Bonchev–Trinajstić information content (AvgIpc) is 2.84. The van der Waals surface area contributed by atoms with Crippen molar-refractivity contribution in [3.8, 4) is 0 Å². The fourth-order valence-corrected chi connectivity index (χ4v) is 3.76. The Labute approximate surface area is 111 Å². The van der Waals surface area contributed by atoms with E-state index >= 15 is 0 Å². The van der Waals surface area contributed by atoms with E-state index in [4.69, 9.17) is 0 Å². The number of hydrogen-bond acceptors (Lipinski definition) is 4. The molecule has 3 fully saturated rings. The zero-order valence-electron chi connectivity index (χ0n) is 11.8. The fourth-order valence-electron chi connectivity index (χ4n) is 3.76. The number of piperazine rings is 2. The molecular formula is C14H28N4. The molecule has 4 heteroatoms. The van der Waals surface area contributed by atoms with E-state index < -0.39 is 0 Å². The van der Waals surface area contributed by atoms with E-state index in [-0.39, 0.29) is 0 Å². The lowest BCUT2D eigenvalue weighted by atomic mass is 10.1. The van der Waals surface area contributed by atoms with Gasteiger partial charge in [-0.25, -0.2) is 0 Å². The van der Waals surface area contributed by atoms with Crippen LogP contribution in [0, 0.1) is 0 Å². The Bertz CT molecular complexity index is 265. The van der Waals surface area contributed by atoms with Gasteiger partial charge in [0.05, 0.1) is 0 Å². The standard InChI is InChI=1S/C14H28N4/c1-13-11-18-6-2-3-14(18)12-17(13)10-9-16-7-4-15-5-8-16/h13-15H,2-12H2,1H3. The van der Waals surface area contributed by atoms with Gasteiger partial charge < -0.3 is 5.32 Å². The SMILES string of the molecule is CC1CN2CCCC2CN1CCN1CCNCC1. The third-order valence-electron chi connectivity index (χ3n) is 4.98. The summed E-state index contributed by atoms with van der Waals surface area (Å²) in [6.45, 7) is 13.7. The van der Waals surface area contributed by atoms with Gasteiger partial charge in [-0.2, -0.15) is 0 Å². The van der Waals surface area contributed by atoms with Gasteiger partial charge in [-0.15, -0.1) is 0 Å². The van der Waals surface area contributed by atoms with Crippen molar-refractivity contribution in [1.29, 1.82) is 0 Å². The highest BCUT2D eigenvalue weighted by molar-refractivity contribution is 4.90. The maximum Gasteiger partial charge on any atom is 0.0224 e. The van der Waals surface area contributed by atoms with Gasteiger partial charge >= 0.3 is 0 Å². The maximum atomic E-state index is 3.43. The van der Waals surface area contributed by atoms with E-state index in [0.29, 0.717) is 0 Å². The minimum atomic E-state index is 0.752. The molecule has 0 saturated carbocycles. The number of hydrogen-bond donors (Lipinski definition) is 1. The van der Waals surface area contributed by atoms with Crippen LogP contribution in [-0.2, 0) is 0 Å². The van der Waals surface area contributed by atoms with E-state index in [2.05, 4.69) is 26.9 Å². The van der Waals surface area contributed by atoms with Gasteiger partial charge in [-0.05, 0) is 26.3 Å². The first-order valence-electron chi connectivity index (χ1n) is 7.74. The lowest BCUT2D eigenvalue weighted by molar-refractivity contribution is 0.0506. The summed E-state index contributed by atoms with van der Waals surface area (Å²) in [7, 11) is 0. The molecule has 4 nitrogen and oxygen atoms in total. The number of rotatable bonds is 3. The van der Waals surface area contributed by atoms with Gasteiger partial charge in [0.25, 0.3) is 0 Å². The molecule has 3 heterocycles. The van der Waals surface area contributed by atoms with E-state index in [1.807, 2.05) is 0 Å². The van der Waals surface area contributed by atoms with Crippen molar-refractivity contribution in [3.05, 3.63) is 0 Å². The van der Waals surface area contributed by atoms with Gasteiger partial charge in [-0.3, -0.25) is 14.7 Å². The Kier molecular flexibility index (Phi) is 4.19. The molecule has 0 aromatic carbocycles. The van der Waals surface area contributed by atoms with E-state index in [1.165, 1.54) is 71.7 Å². The normalized spacial score (nSPS) is 35.8. The fraction of sp³-hybridized carbons (Fsp3) is 1.00. The van der Waals surface area contributed by atoms with Crippen LogP contribution in [-0.4, -0.2) is 85.7 Å². The molecule has 0 aromatic heterocycles. The zero-order chi connectivity index (χ0) is 12.4. The predicted molar refractivity (Wildman–Crippen MR) is 74.9 cm³/mol. The summed E-state index contributed by atoms with van der Waals surface area (Å²) in [5, 5.41) is 3.43. The highest BCUT2D eigenvalue weighted by Gasteiger charge is 2.34. The predicted octanol–water partition coefficient (Wildman–Crippen LogP) is 0.0601. The quantitative estimate of drug-likeness (QED) is 0.767. The average molecular weight is 252 g/mol. The van der Waals surface area contributed by atoms with Crippen molar-refractivity contribution in [2.75, 3.05) is 58.9 Å². The molecule has 3 rings (SSSR count).